The SMILES string of the molecule is OC(c1ccoc1)C1C2CCc3ccccc3C21. The van der Waals surface area contributed by atoms with Crippen LogP contribution in [0.25, 0.3) is 0 Å². The average Bonchev–Trinajstić information content (AvgIpc) is 2.89. The van der Waals surface area contributed by atoms with Crippen molar-refractivity contribution in [2.45, 2.75) is 24.9 Å². The van der Waals surface area contributed by atoms with E-state index < -0.39 is 0 Å². The zero-order chi connectivity index (χ0) is 12.1. The van der Waals surface area contributed by atoms with Crippen molar-refractivity contribution in [1.82, 2.24) is 0 Å². The van der Waals surface area contributed by atoms with Gasteiger partial charge in [0.05, 0.1) is 18.6 Å². The molecule has 2 aromatic rings. The molecule has 1 saturated carbocycles. The van der Waals surface area contributed by atoms with E-state index in [2.05, 4.69) is 24.3 Å². The number of hydrogen-bond donors (Lipinski definition) is 1. The Kier molecular flexibility index (Phi) is 2.15. The zero-order valence-corrected chi connectivity index (χ0v) is 10.1. The van der Waals surface area contributed by atoms with Crippen LogP contribution in [-0.2, 0) is 6.42 Å². The molecular formula is C16H16O2. The van der Waals surface area contributed by atoms with Gasteiger partial charge < -0.3 is 9.52 Å². The Labute approximate surface area is 106 Å². The van der Waals surface area contributed by atoms with E-state index in [1.165, 1.54) is 17.5 Å². The second-order valence-corrected chi connectivity index (χ2v) is 5.51. The molecule has 18 heavy (non-hydrogen) atoms. The minimum absolute atomic E-state index is 0.370. The molecular weight excluding hydrogens is 224 g/mol. The lowest BCUT2D eigenvalue weighted by molar-refractivity contribution is 0.144. The minimum Gasteiger partial charge on any atom is -0.472 e. The molecule has 2 heteroatoms. The van der Waals surface area contributed by atoms with Gasteiger partial charge in [-0.3, -0.25) is 0 Å². The highest BCUT2D eigenvalue weighted by atomic mass is 16.3. The molecule has 1 heterocycles. The molecule has 4 atom stereocenters. The molecule has 4 rings (SSSR count). The summed E-state index contributed by atoms with van der Waals surface area (Å²) in [6.45, 7) is 0. The molecule has 1 fully saturated rings. The van der Waals surface area contributed by atoms with Gasteiger partial charge in [-0.15, -0.1) is 0 Å². The molecule has 2 aliphatic carbocycles. The van der Waals surface area contributed by atoms with Crippen molar-refractivity contribution in [3.05, 3.63) is 59.5 Å². The third kappa shape index (κ3) is 1.39. The third-order valence-electron chi connectivity index (χ3n) is 4.64. The summed E-state index contributed by atoms with van der Waals surface area (Å²) in [6.07, 6.45) is 5.30. The first-order valence-corrected chi connectivity index (χ1v) is 6.64. The van der Waals surface area contributed by atoms with Crippen LogP contribution in [0.15, 0.2) is 47.3 Å². The van der Waals surface area contributed by atoms with E-state index in [1.54, 1.807) is 12.5 Å². The van der Waals surface area contributed by atoms with Crippen molar-refractivity contribution in [2.24, 2.45) is 11.8 Å². The van der Waals surface area contributed by atoms with Crippen LogP contribution >= 0.6 is 0 Å². The molecule has 0 spiro atoms. The Morgan fingerprint density at radius 2 is 2.11 bits per heavy atom. The fourth-order valence-electron chi connectivity index (χ4n) is 3.72. The predicted molar refractivity (Wildman–Crippen MR) is 68.2 cm³/mol. The number of hydrogen-bond acceptors (Lipinski definition) is 2. The number of aliphatic hydroxyl groups is 1. The summed E-state index contributed by atoms with van der Waals surface area (Å²) in [5.41, 5.74) is 3.86. The van der Waals surface area contributed by atoms with Gasteiger partial charge in [-0.05, 0) is 47.8 Å². The quantitative estimate of drug-likeness (QED) is 0.873. The number of furan rings is 1. The molecule has 0 bridgehead atoms. The Balaban J connectivity index is 1.65. The first-order valence-electron chi connectivity index (χ1n) is 6.64. The lowest BCUT2D eigenvalue weighted by Crippen LogP contribution is -2.00. The van der Waals surface area contributed by atoms with E-state index in [9.17, 15) is 5.11 Å². The Morgan fingerprint density at radius 1 is 1.22 bits per heavy atom. The number of fused-ring (bicyclic) bond motifs is 3. The molecule has 0 amide bonds. The summed E-state index contributed by atoms with van der Waals surface area (Å²) in [5, 5.41) is 10.4. The van der Waals surface area contributed by atoms with Gasteiger partial charge in [0.1, 0.15) is 0 Å². The van der Waals surface area contributed by atoms with Gasteiger partial charge in [0, 0.05) is 5.56 Å². The molecule has 0 saturated heterocycles. The fraction of sp³-hybridized carbons (Fsp3) is 0.375. The Bertz CT molecular complexity index is 558. The van der Waals surface area contributed by atoms with Crippen LogP contribution < -0.4 is 0 Å². The van der Waals surface area contributed by atoms with Crippen LogP contribution in [0.3, 0.4) is 0 Å². The summed E-state index contributed by atoms with van der Waals surface area (Å²) < 4.78 is 5.08. The zero-order valence-electron chi connectivity index (χ0n) is 10.1. The van der Waals surface area contributed by atoms with E-state index in [0.717, 1.165) is 12.0 Å². The number of aliphatic hydroxyl groups excluding tert-OH is 1. The first kappa shape index (κ1) is 10.4. The standard InChI is InChI=1S/C16H16O2/c17-16(11-7-8-18-9-11)15-13-6-5-10-3-1-2-4-12(10)14(13)15/h1-4,7-9,13-17H,5-6H2. The first-order chi connectivity index (χ1) is 8.86. The van der Waals surface area contributed by atoms with E-state index in [-0.39, 0.29) is 6.10 Å². The predicted octanol–water partition coefficient (Wildman–Crippen LogP) is 3.29. The molecule has 92 valence electrons. The van der Waals surface area contributed by atoms with Gasteiger partial charge >= 0.3 is 0 Å². The summed E-state index contributed by atoms with van der Waals surface area (Å²) in [7, 11) is 0. The number of rotatable bonds is 2. The second kappa shape index (κ2) is 3.72. The maximum atomic E-state index is 10.4. The second-order valence-electron chi connectivity index (χ2n) is 5.51. The van der Waals surface area contributed by atoms with E-state index >= 15 is 0 Å². The monoisotopic (exact) mass is 240 g/mol. The smallest absolute Gasteiger partial charge is 0.0960 e. The van der Waals surface area contributed by atoms with Crippen molar-refractivity contribution in [3.8, 4) is 0 Å². The van der Waals surface area contributed by atoms with Crippen LogP contribution in [0.1, 0.15) is 35.1 Å². The minimum atomic E-state index is -0.370. The lowest BCUT2D eigenvalue weighted by Gasteiger charge is -2.13. The molecule has 4 unspecified atom stereocenters. The van der Waals surface area contributed by atoms with Gasteiger partial charge in [-0.25, -0.2) is 0 Å². The largest absolute Gasteiger partial charge is 0.472 e. The molecule has 2 aliphatic rings. The van der Waals surface area contributed by atoms with Crippen LogP contribution in [-0.4, -0.2) is 5.11 Å². The van der Waals surface area contributed by atoms with Crippen LogP contribution in [0.2, 0.25) is 0 Å². The van der Waals surface area contributed by atoms with Gasteiger partial charge in [0.15, 0.2) is 0 Å². The van der Waals surface area contributed by atoms with Gasteiger partial charge in [-0.2, -0.15) is 0 Å². The molecule has 0 aliphatic heterocycles. The normalized spacial score (nSPS) is 30.4. The van der Waals surface area contributed by atoms with Crippen LogP contribution in [0, 0.1) is 11.8 Å². The molecule has 1 N–H and O–H groups in total. The van der Waals surface area contributed by atoms with Crippen LogP contribution in [0.5, 0.6) is 0 Å². The van der Waals surface area contributed by atoms with E-state index in [0.29, 0.717) is 17.8 Å². The van der Waals surface area contributed by atoms with Crippen molar-refractivity contribution < 1.29 is 9.52 Å². The van der Waals surface area contributed by atoms with Gasteiger partial charge in [-0.1, -0.05) is 24.3 Å². The fourth-order valence-corrected chi connectivity index (χ4v) is 3.72. The lowest BCUT2D eigenvalue weighted by atomic mass is 9.92. The van der Waals surface area contributed by atoms with Crippen LogP contribution in [0.4, 0.5) is 0 Å². The van der Waals surface area contributed by atoms with Crippen molar-refractivity contribution in [3.63, 3.8) is 0 Å². The van der Waals surface area contributed by atoms with Gasteiger partial charge in [0.25, 0.3) is 0 Å². The number of aryl methyl sites for hydroxylation is 1. The highest BCUT2D eigenvalue weighted by Gasteiger charge is 2.56. The van der Waals surface area contributed by atoms with Crippen molar-refractivity contribution in [1.29, 1.82) is 0 Å². The Hall–Kier alpha value is -1.54. The van der Waals surface area contributed by atoms with E-state index in [1.807, 2.05) is 6.07 Å². The highest BCUT2D eigenvalue weighted by Crippen LogP contribution is 2.64. The molecule has 2 nitrogen and oxygen atoms in total. The summed E-state index contributed by atoms with van der Waals surface area (Å²) in [6, 6.07) is 10.6. The topological polar surface area (TPSA) is 33.4 Å². The van der Waals surface area contributed by atoms with Crippen molar-refractivity contribution >= 4 is 0 Å². The Morgan fingerprint density at radius 3 is 2.94 bits per heavy atom. The average molecular weight is 240 g/mol. The molecule has 1 aromatic carbocycles. The third-order valence-corrected chi connectivity index (χ3v) is 4.64. The summed E-state index contributed by atoms with van der Waals surface area (Å²) in [5.74, 6) is 1.59. The van der Waals surface area contributed by atoms with Gasteiger partial charge in [0.2, 0.25) is 0 Å². The maximum absolute atomic E-state index is 10.4. The summed E-state index contributed by atoms with van der Waals surface area (Å²) in [4.78, 5) is 0. The van der Waals surface area contributed by atoms with E-state index in [4.69, 9.17) is 4.42 Å². The molecule has 0 radical (unpaired) electrons. The number of benzene rings is 1. The van der Waals surface area contributed by atoms with Crippen molar-refractivity contribution in [2.75, 3.05) is 0 Å². The highest BCUT2D eigenvalue weighted by molar-refractivity contribution is 5.40. The summed E-state index contributed by atoms with van der Waals surface area (Å²) >= 11 is 0. The molecule has 1 aromatic heterocycles. The maximum Gasteiger partial charge on any atom is 0.0960 e.